The number of carbonyl (C=O) groups excluding carboxylic acids is 1. The first-order valence-corrected chi connectivity index (χ1v) is 10.2. The van der Waals surface area contributed by atoms with Crippen LogP contribution in [0.3, 0.4) is 0 Å². The zero-order valence-corrected chi connectivity index (χ0v) is 16.2. The molecule has 2 rings (SSSR count). The van der Waals surface area contributed by atoms with E-state index in [1.807, 2.05) is 6.92 Å². The maximum Gasteiger partial charge on any atom is 0.230 e. The molecule has 1 aromatic heterocycles. The second kappa shape index (κ2) is 8.70. The minimum atomic E-state index is 0.00280. The Labute approximate surface area is 149 Å². The van der Waals surface area contributed by atoms with Crippen molar-refractivity contribution in [3.63, 3.8) is 0 Å². The molecule has 4 nitrogen and oxygen atoms in total. The summed E-state index contributed by atoms with van der Waals surface area (Å²) in [6.07, 6.45) is 0. The fraction of sp³-hybridized carbons (Fsp3) is 0.438. The lowest BCUT2D eigenvalue weighted by Crippen LogP contribution is -2.28. The van der Waals surface area contributed by atoms with Gasteiger partial charge in [0, 0.05) is 0 Å². The topological polar surface area (TPSA) is 54.9 Å². The normalized spacial score (nSPS) is 12.2. The quantitative estimate of drug-likeness (QED) is 0.742. The third-order valence-electron chi connectivity index (χ3n) is 3.39. The second-order valence-corrected chi connectivity index (χ2v) is 8.90. The lowest BCUT2D eigenvalue weighted by Gasteiger charge is -2.15. The van der Waals surface area contributed by atoms with Gasteiger partial charge in [-0.15, -0.1) is 10.2 Å². The van der Waals surface area contributed by atoms with Crippen molar-refractivity contribution in [2.75, 3.05) is 11.5 Å². The number of nitrogens with zero attached hydrogens (tertiary/aromatic N) is 2. The molecule has 0 spiro atoms. The van der Waals surface area contributed by atoms with Crippen LogP contribution < -0.4 is 5.32 Å². The van der Waals surface area contributed by atoms with Gasteiger partial charge in [0.1, 0.15) is 0 Å². The molecule has 0 aliphatic heterocycles. The Balaban J connectivity index is 1.84. The molecule has 0 radical (unpaired) electrons. The number of rotatable bonds is 7. The van der Waals surface area contributed by atoms with Crippen LogP contribution in [0.1, 0.15) is 36.6 Å². The van der Waals surface area contributed by atoms with E-state index in [1.165, 1.54) is 22.9 Å². The Bertz CT molecular complexity index is 672. The molecule has 0 saturated heterocycles. The van der Waals surface area contributed by atoms with E-state index in [4.69, 9.17) is 0 Å². The molecule has 0 bridgehead atoms. The molecule has 0 fully saturated rings. The molecule has 1 atom stereocenters. The minimum Gasteiger partial charge on any atom is -0.349 e. The predicted octanol–water partition coefficient (Wildman–Crippen LogP) is 4.24. The van der Waals surface area contributed by atoms with Crippen LogP contribution in [0.15, 0.2) is 26.9 Å². The highest BCUT2D eigenvalue weighted by atomic mass is 32.2. The predicted molar refractivity (Wildman–Crippen MR) is 99.5 cm³/mol. The lowest BCUT2D eigenvalue weighted by molar-refractivity contribution is -0.119. The molecule has 1 aromatic carbocycles. The number of hydrogen-bond donors (Lipinski definition) is 1. The van der Waals surface area contributed by atoms with Crippen molar-refractivity contribution < 1.29 is 4.79 Å². The van der Waals surface area contributed by atoms with Gasteiger partial charge >= 0.3 is 0 Å². The Morgan fingerprint density at radius 1 is 1.22 bits per heavy atom. The third kappa shape index (κ3) is 5.51. The molecule has 2 aromatic rings. The summed E-state index contributed by atoms with van der Waals surface area (Å²) in [4.78, 5) is 12.1. The van der Waals surface area contributed by atoms with Crippen molar-refractivity contribution in [1.82, 2.24) is 15.5 Å². The maximum atomic E-state index is 12.1. The molecule has 0 aliphatic rings. The number of hydrogen-bond acceptors (Lipinski definition) is 6. The van der Waals surface area contributed by atoms with Crippen molar-refractivity contribution >= 4 is 40.8 Å². The fourth-order valence-electron chi connectivity index (χ4n) is 1.97. The highest BCUT2D eigenvalue weighted by molar-refractivity contribution is 8.03. The summed E-state index contributed by atoms with van der Waals surface area (Å²) in [5.74, 6) is 1.36. The van der Waals surface area contributed by atoms with E-state index in [0.29, 0.717) is 5.75 Å². The number of benzene rings is 1. The molecule has 1 heterocycles. The van der Waals surface area contributed by atoms with Gasteiger partial charge in [0.05, 0.1) is 11.8 Å². The summed E-state index contributed by atoms with van der Waals surface area (Å²) < 4.78 is 1.80. The first-order chi connectivity index (χ1) is 11.0. The van der Waals surface area contributed by atoms with E-state index in [9.17, 15) is 4.79 Å². The fourth-order valence-corrected chi connectivity index (χ4v) is 4.69. The van der Waals surface area contributed by atoms with Crippen molar-refractivity contribution in [3.8, 4) is 0 Å². The molecule has 124 valence electrons. The zero-order valence-electron chi connectivity index (χ0n) is 13.8. The highest BCUT2D eigenvalue weighted by Gasteiger charge is 2.12. The smallest absolute Gasteiger partial charge is 0.230 e. The molecular formula is C16H21N3OS3. The standard InChI is InChI=1S/C16H21N3OS3/c1-5-21-15-18-19-16(23-15)22-9-14(20)17-12(4)13-7-6-10(2)11(3)8-13/h6-8,12H,5,9H2,1-4H3,(H,17,20)/t12-/m0/s1. The van der Waals surface area contributed by atoms with Gasteiger partial charge in [0.25, 0.3) is 0 Å². The van der Waals surface area contributed by atoms with Gasteiger partial charge in [0.15, 0.2) is 8.68 Å². The summed E-state index contributed by atoms with van der Waals surface area (Å²) in [6.45, 7) is 8.27. The second-order valence-electron chi connectivity index (χ2n) is 5.19. The highest BCUT2D eigenvalue weighted by Crippen LogP contribution is 2.28. The van der Waals surface area contributed by atoms with Crippen LogP contribution in [0.5, 0.6) is 0 Å². The molecule has 1 amide bonds. The van der Waals surface area contributed by atoms with Crippen LogP contribution in [-0.2, 0) is 4.79 Å². The van der Waals surface area contributed by atoms with E-state index in [2.05, 4.69) is 54.5 Å². The van der Waals surface area contributed by atoms with Crippen molar-refractivity contribution in [1.29, 1.82) is 0 Å². The Kier molecular flexibility index (Phi) is 6.92. The molecule has 0 unspecified atom stereocenters. The zero-order chi connectivity index (χ0) is 16.8. The molecule has 0 aliphatic carbocycles. The van der Waals surface area contributed by atoms with E-state index in [1.54, 1.807) is 23.1 Å². The average molecular weight is 368 g/mol. The van der Waals surface area contributed by atoms with E-state index < -0.39 is 0 Å². The van der Waals surface area contributed by atoms with Crippen LogP contribution in [0, 0.1) is 13.8 Å². The van der Waals surface area contributed by atoms with E-state index >= 15 is 0 Å². The third-order valence-corrected chi connectivity index (χ3v) is 6.46. The van der Waals surface area contributed by atoms with Gasteiger partial charge in [-0.2, -0.15) is 0 Å². The Morgan fingerprint density at radius 2 is 1.91 bits per heavy atom. The summed E-state index contributed by atoms with van der Waals surface area (Å²) in [7, 11) is 0. The number of amides is 1. The summed E-state index contributed by atoms with van der Waals surface area (Å²) >= 11 is 4.65. The van der Waals surface area contributed by atoms with Gasteiger partial charge in [-0.25, -0.2) is 0 Å². The number of aromatic nitrogens is 2. The van der Waals surface area contributed by atoms with Crippen molar-refractivity contribution in [3.05, 3.63) is 34.9 Å². The number of thioether (sulfide) groups is 2. The molecule has 1 N–H and O–H groups in total. The van der Waals surface area contributed by atoms with E-state index in [-0.39, 0.29) is 11.9 Å². The largest absolute Gasteiger partial charge is 0.349 e. The van der Waals surface area contributed by atoms with E-state index in [0.717, 1.165) is 20.0 Å². The Morgan fingerprint density at radius 3 is 2.57 bits per heavy atom. The van der Waals surface area contributed by atoms with Crippen LogP contribution in [0.2, 0.25) is 0 Å². The maximum absolute atomic E-state index is 12.1. The van der Waals surface area contributed by atoms with Gasteiger partial charge in [0.2, 0.25) is 5.91 Å². The number of aryl methyl sites for hydroxylation is 2. The van der Waals surface area contributed by atoms with Crippen molar-refractivity contribution in [2.45, 2.75) is 42.4 Å². The first kappa shape index (κ1) is 18.3. The minimum absolute atomic E-state index is 0.00280. The Hall–Kier alpha value is -1.05. The molecular weight excluding hydrogens is 346 g/mol. The number of carbonyl (C=O) groups is 1. The van der Waals surface area contributed by atoms with Gasteiger partial charge in [-0.05, 0) is 43.2 Å². The molecule has 7 heteroatoms. The van der Waals surface area contributed by atoms with Gasteiger partial charge in [-0.1, -0.05) is 60.0 Å². The average Bonchev–Trinajstić information content (AvgIpc) is 2.96. The number of nitrogens with one attached hydrogen (secondary N) is 1. The lowest BCUT2D eigenvalue weighted by atomic mass is 10.0. The SMILES string of the molecule is CCSc1nnc(SCC(=O)N[C@@H](C)c2ccc(C)c(C)c2)s1. The van der Waals surface area contributed by atoms with Crippen molar-refractivity contribution in [2.24, 2.45) is 0 Å². The first-order valence-electron chi connectivity index (χ1n) is 7.45. The summed E-state index contributed by atoms with van der Waals surface area (Å²) in [5.41, 5.74) is 3.64. The van der Waals surface area contributed by atoms with Crippen LogP contribution in [0.25, 0.3) is 0 Å². The van der Waals surface area contributed by atoms with Gasteiger partial charge in [-0.3, -0.25) is 4.79 Å². The van der Waals surface area contributed by atoms with Gasteiger partial charge < -0.3 is 5.32 Å². The van der Waals surface area contributed by atoms with Crippen LogP contribution >= 0.6 is 34.9 Å². The summed E-state index contributed by atoms with van der Waals surface area (Å²) in [6, 6.07) is 6.30. The van der Waals surface area contributed by atoms with Crippen LogP contribution in [-0.4, -0.2) is 27.6 Å². The van der Waals surface area contributed by atoms with Crippen LogP contribution in [0.4, 0.5) is 0 Å². The summed E-state index contributed by atoms with van der Waals surface area (Å²) in [5, 5.41) is 11.2. The monoisotopic (exact) mass is 367 g/mol. The molecule has 0 saturated carbocycles. The molecule has 23 heavy (non-hydrogen) atoms.